The second-order valence-electron chi connectivity index (χ2n) is 3.26. The molecule has 0 saturated heterocycles. The van der Waals surface area contributed by atoms with Gasteiger partial charge in [0.15, 0.2) is 0 Å². The maximum Gasteiger partial charge on any atom is 0.143 e. The quantitative estimate of drug-likeness (QED) is 0.803. The molecule has 5 heteroatoms. The molecule has 5 nitrogen and oxygen atoms in total. The molecule has 0 aliphatic heterocycles. The first-order valence-corrected chi connectivity index (χ1v) is 4.96. The van der Waals surface area contributed by atoms with Gasteiger partial charge < -0.3 is 10.3 Å². The predicted molar refractivity (Wildman–Crippen MR) is 59.7 cm³/mol. The SMILES string of the molecule is N#Cc1cccnc1NCCc1cnc[nH]1. The molecule has 0 radical (unpaired) electrons. The molecule has 0 atom stereocenters. The Bertz CT molecular complexity index is 483. The van der Waals surface area contributed by atoms with Crippen molar-refractivity contribution in [1.82, 2.24) is 15.0 Å². The minimum atomic E-state index is 0.562. The van der Waals surface area contributed by atoms with Crippen molar-refractivity contribution in [3.05, 3.63) is 42.1 Å². The molecule has 16 heavy (non-hydrogen) atoms. The summed E-state index contributed by atoms with van der Waals surface area (Å²) in [6.07, 6.45) is 5.92. The van der Waals surface area contributed by atoms with E-state index in [2.05, 4.69) is 26.3 Å². The highest BCUT2D eigenvalue weighted by Crippen LogP contribution is 2.09. The second-order valence-corrected chi connectivity index (χ2v) is 3.26. The Kier molecular flexibility index (Phi) is 3.14. The van der Waals surface area contributed by atoms with E-state index in [4.69, 9.17) is 5.26 Å². The highest BCUT2D eigenvalue weighted by Gasteiger charge is 2.01. The lowest BCUT2D eigenvalue weighted by Crippen LogP contribution is -2.07. The lowest BCUT2D eigenvalue weighted by atomic mass is 10.2. The van der Waals surface area contributed by atoms with E-state index in [9.17, 15) is 0 Å². The van der Waals surface area contributed by atoms with Gasteiger partial charge in [-0.05, 0) is 12.1 Å². The number of H-pyrrole nitrogens is 1. The average Bonchev–Trinajstić information content (AvgIpc) is 2.83. The molecule has 0 unspecified atom stereocenters. The molecule has 0 aliphatic rings. The highest BCUT2D eigenvalue weighted by atomic mass is 15.0. The minimum Gasteiger partial charge on any atom is -0.369 e. The molecule has 0 amide bonds. The first-order chi connectivity index (χ1) is 7.90. The van der Waals surface area contributed by atoms with E-state index in [1.54, 1.807) is 30.9 Å². The smallest absolute Gasteiger partial charge is 0.143 e. The van der Waals surface area contributed by atoms with Crippen LogP contribution in [0.2, 0.25) is 0 Å². The Morgan fingerprint density at radius 3 is 3.19 bits per heavy atom. The van der Waals surface area contributed by atoms with Crippen LogP contribution in [0.3, 0.4) is 0 Å². The Morgan fingerprint density at radius 1 is 1.50 bits per heavy atom. The summed E-state index contributed by atoms with van der Waals surface area (Å²) in [6.45, 7) is 0.716. The highest BCUT2D eigenvalue weighted by molar-refractivity contribution is 5.51. The van der Waals surface area contributed by atoms with Crippen molar-refractivity contribution in [1.29, 1.82) is 5.26 Å². The third kappa shape index (κ3) is 2.36. The fourth-order valence-corrected chi connectivity index (χ4v) is 1.37. The van der Waals surface area contributed by atoms with Gasteiger partial charge in [0.1, 0.15) is 11.9 Å². The summed E-state index contributed by atoms with van der Waals surface area (Å²) in [7, 11) is 0. The van der Waals surface area contributed by atoms with Gasteiger partial charge in [-0.2, -0.15) is 5.26 Å². The first-order valence-electron chi connectivity index (χ1n) is 4.96. The molecule has 0 saturated carbocycles. The van der Waals surface area contributed by atoms with Crippen molar-refractivity contribution in [2.24, 2.45) is 0 Å². The van der Waals surface area contributed by atoms with E-state index in [0.29, 0.717) is 17.9 Å². The van der Waals surface area contributed by atoms with Gasteiger partial charge in [0.05, 0.1) is 11.9 Å². The first kappa shape index (κ1) is 10.2. The molecule has 0 spiro atoms. The maximum absolute atomic E-state index is 8.86. The Labute approximate surface area is 93.2 Å². The number of aromatic amines is 1. The number of rotatable bonds is 4. The zero-order valence-corrected chi connectivity index (χ0v) is 8.64. The summed E-state index contributed by atoms with van der Waals surface area (Å²) in [6, 6.07) is 5.58. The predicted octanol–water partition coefficient (Wildman–Crippen LogP) is 1.33. The zero-order valence-electron chi connectivity index (χ0n) is 8.64. The third-order valence-electron chi connectivity index (χ3n) is 2.17. The van der Waals surface area contributed by atoms with Crippen molar-refractivity contribution in [3.8, 4) is 6.07 Å². The minimum absolute atomic E-state index is 0.562. The van der Waals surface area contributed by atoms with Crippen molar-refractivity contribution < 1.29 is 0 Å². The number of aromatic nitrogens is 3. The van der Waals surface area contributed by atoms with Gasteiger partial charge in [0.2, 0.25) is 0 Å². The molecule has 80 valence electrons. The Hall–Kier alpha value is -2.35. The van der Waals surface area contributed by atoms with Gasteiger partial charge in [0, 0.05) is 31.1 Å². The number of hydrogen-bond acceptors (Lipinski definition) is 4. The molecule has 0 aliphatic carbocycles. The molecular formula is C11H11N5. The van der Waals surface area contributed by atoms with E-state index in [1.807, 2.05) is 0 Å². The van der Waals surface area contributed by atoms with Gasteiger partial charge in [-0.1, -0.05) is 0 Å². The molecular weight excluding hydrogens is 202 g/mol. The summed E-state index contributed by atoms with van der Waals surface area (Å²) in [5.41, 5.74) is 1.62. The fraction of sp³-hybridized carbons (Fsp3) is 0.182. The monoisotopic (exact) mass is 213 g/mol. The van der Waals surface area contributed by atoms with Gasteiger partial charge >= 0.3 is 0 Å². The van der Waals surface area contributed by atoms with Crippen molar-refractivity contribution in [2.45, 2.75) is 6.42 Å². The van der Waals surface area contributed by atoms with Crippen molar-refractivity contribution in [2.75, 3.05) is 11.9 Å². The van der Waals surface area contributed by atoms with Gasteiger partial charge in [-0.15, -0.1) is 0 Å². The van der Waals surface area contributed by atoms with Crippen LogP contribution in [0.25, 0.3) is 0 Å². The zero-order chi connectivity index (χ0) is 11.2. The van der Waals surface area contributed by atoms with Crippen LogP contribution >= 0.6 is 0 Å². The third-order valence-corrected chi connectivity index (χ3v) is 2.17. The maximum atomic E-state index is 8.86. The summed E-state index contributed by atoms with van der Waals surface area (Å²) in [4.78, 5) is 11.1. The van der Waals surface area contributed by atoms with E-state index < -0.39 is 0 Å². The number of imidazole rings is 1. The van der Waals surface area contributed by atoms with Gasteiger partial charge in [0.25, 0.3) is 0 Å². The molecule has 0 bridgehead atoms. The lowest BCUT2D eigenvalue weighted by Gasteiger charge is -2.05. The number of hydrogen-bond donors (Lipinski definition) is 2. The number of nitriles is 1. The number of anilines is 1. The van der Waals surface area contributed by atoms with Gasteiger partial charge in [-0.3, -0.25) is 0 Å². The normalized spacial score (nSPS) is 9.69. The fourth-order valence-electron chi connectivity index (χ4n) is 1.37. The van der Waals surface area contributed by atoms with E-state index in [-0.39, 0.29) is 0 Å². The second kappa shape index (κ2) is 4.94. The summed E-state index contributed by atoms with van der Waals surface area (Å²) in [5.74, 6) is 0.629. The van der Waals surface area contributed by atoms with Crippen LogP contribution in [-0.2, 0) is 6.42 Å². The standard InChI is InChI=1S/C11H11N5/c12-6-9-2-1-4-14-11(9)15-5-3-10-7-13-8-16-10/h1-2,4,7-8H,3,5H2,(H,13,16)(H,14,15). The molecule has 2 heterocycles. The molecule has 0 aromatic carbocycles. The summed E-state index contributed by atoms with van der Waals surface area (Å²) in [5, 5.41) is 12.0. The van der Waals surface area contributed by atoms with E-state index in [0.717, 1.165) is 12.1 Å². The summed E-state index contributed by atoms with van der Waals surface area (Å²) >= 11 is 0. The largest absolute Gasteiger partial charge is 0.369 e. The van der Waals surface area contributed by atoms with Crippen LogP contribution in [0.5, 0.6) is 0 Å². The van der Waals surface area contributed by atoms with Crippen LogP contribution in [0.1, 0.15) is 11.3 Å². The summed E-state index contributed by atoms with van der Waals surface area (Å²) < 4.78 is 0. The number of nitrogens with zero attached hydrogens (tertiary/aromatic N) is 3. The molecule has 2 N–H and O–H groups in total. The Morgan fingerprint density at radius 2 is 2.44 bits per heavy atom. The molecule has 0 fully saturated rings. The number of pyridine rings is 1. The molecule has 2 rings (SSSR count). The van der Waals surface area contributed by atoms with Crippen LogP contribution in [0, 0.1) is 11.3 Å². The van der Waals surface area contributed by atoms with E-state index in [1.165, 1.54) is 0 Å². The Balaban J connectivity index is 1.93. The lowest BCUT2D eigenvalue weighted by molar-refractivity contribution is 0.967. The number of nitrogens with one attached hydrogen (secondary N) is 2. The topological polar surface area (TPSA) is 77.4 Å². The van der Waals surface area contributed by atoms with Crippen molar-refractivity contribution in [3.63, 3.8) is 0 Å². The molecule has 2 aromatic heterocycles. The van der Waals surface area contributed by atoms with Crippen LogP contribution < -0.4 is 5.32 Å². The van der Waals surface area contributed by atoms with Crippen molar-refractivity contribution >= 4 is 5.82 Å². The molecule has 2 aromatic rings. The van der Waals surface area contributed by atoms with Crippen LogP contribution in [0.15, 0.2) is 30.9 Å². The van der Waals surface area contributed by atoms with Crippen LogP contribution in [-0.4, -0.2) is 21.5 Å². The average molecular weight is 213 g/mol. The van der Waals surface area contributed by atoms with Crippen LogP contribution in [0.4, 0.5) is 5.82 Å². The van der Waals surface area contributed by atoms with Gasteiger partial charge in [-0.25, -0.2) is 9.97 Å². The van der Waals surface area contributed by atoms with E-state index >= 15 is 0 Å².